The van der Waals surface area contributed by atoms with E-state index in [1.54, 1.807) is 42.5 Å². The van der Waals surface area contributed by atoms with Crippen LogP contribution in [0.5, 0.6) is 0 Å². The van der Waals surface area contributed by atoms with Gasteiger partial charge in [-0.15, -0.1) is 0 Å². The van der Waals surface area contributed by atoms with Gasteiger partial charge in [-0.2, -0.15) is 0 Å². The summed E-state index contributed by atoms with van der Waals surface area (Å²) in [6, 6.07) is 12.3. The maximum atomic E-state index is 12.4. The highest BCUT2D eigenvalue weighted by atomic mass is 35.5. The molecule has 1 amide bonds. The van der Waals surface area contributed by atoms with E-state index in [4.69, 9.17) is 11.6 Å². The second-order valence-electron chi connectivity index (χ2n) is 5.92. The Labute approximate surface area is 161 Å². The van der Waals surface area contributed by atoms with Crippen LogP contribution in [0.25, 0.3) is 0 Å². The molecule has 0 bridgehead atoms. The fraction of sp³-hybridized carbons (Fsp3) is 0.100. The molecule has 27 heavy (non-hydrogen) atoms. The molecule has 3 aromatic rings. The van der Waals surface area contributed by atoms with Crippen LogP contribution in [-0.2, 0) is 0 Å². The third kappa shape index (κ3) is 4.48. The molecule has 7 heteroatoms. The summed E-state index contributed by atoms with van der Waals surface area (Å²) < 4.78 is 0. The van der Waals surface area contributed by atoms with Gasteiger partial charge in [0.1, 0.15) is 0 Å². The predicted molar refractivity (Wildman–Crippen MR) is 106 cm³/mol. The number of nitrogens with zero attached hydrogens (tertiary/aromatic N) is 2. The van der Waals surface area contributed by atoms with Crippen LogP contribution in [0.2, 0.25) is 5.02 Å². The van der Waals surface area contributed by atoms with Crippen LogP contribution in [0.3, 0.4) is 0 Å². The smallest absolute Gasteiger partial charge is 0.258 e. The first kappa shape index (κ1) is 18.5. The highest BCUT2D eigenvalue weighted by Gasteiger charge is 2.10. The van der Waals surface area contributed by atoms with Crippen LogP contribution >= 0.6 is 11.6 Å². The maximum Gasteiger partial charge on any atom is 0.258 e. The Kier molecular flexibility index (Phi) is 5.47. The van der Waals surface area contributed by atoms with Gasteiger partial charge in [-0.25, -0.2) is 9.97 Å². The lowest BCUT2D eigenvalue weighted by molar-refractivity contribution is 0.101. The molecule has 0 aliphatic rings. The summed E-state index contributed by atoms with van der Waals surface area (Å²) in [5, 5.41) is 6.40. The molecule has 0 unspecified atom stereocenters. The summed E-state index contributed by atoms with van der Waals surface area (Å²) in [5.74, 6) is 0.0295. The Morgan fingerprint density at radius 2 is 1.63 bits per heavy atom. The first-order valence-corrected chi connectivity index (χ1v) is 8.58. The van der Waals surface area contributed by atoms with Crippen LogP contribution < -0.4 is 10.6 Å². The van der Waals surface area contributed by atoms with Crippen molar-refractivity contribution in [3.63, 3.8) is 0 Å². The number of rotatable bonds is 5. The molecule has 2 aromatic carbocycles. The van der Waals surface area contributed by atoms with Gasteiger partial charge in [-0.05, 0) is 55.8 Å². The van der Waals surface area contributed by atoms with Crippen molar-refractivity contribution in [3.8, 4) is 0 Å². The molecule has 136 valence electrons. The molecule has 0 spiro atoms. The molecule has 0 aliphatic heterocycles. The van der Waals surface area contributed by atoms with Crippen molar-refractivity contribution in [2.75, 3.05) is 10.6 Å². The zero-order valence-corrected chi connectivity index (χ0v) is 15.5. The second kappa shape index (κ2) is 7.97. The molecule has 0 radical (unpaired) electrons. The minimum Gasteiger partial charge on any atom is -0.324 e. The molecule has 2 N–H and O–H groups in total. The van der Waals surface area contributed by atoms with Crippen molar-refractivity contribution < 1.29 is 9.59 Å². The molecule has 0 atom stereocenters. The van der Waals surface area contributed by atoms with E-state index in [1.807, 2.05) is 6.92 Å². The van der Waals surface area contributed by atoms with Crippen LogP contribution in [0.1, 0.15) is 33.2 Å². The van der Waals surface area contributed by atoms with Gasteiger partial charge in [0.2, 0.25) is 5.95 Å². The zero-order valence-electron chi connectivity index (χ0n) is 14.8. The lowest BCUT2D eigenvalue weighted by Crippen LogP contribution is -2.14. The van der Waals surface area contributed by atoms with Crippen LogP contribution in [-0.4, -0.2) is 21.7 Å². The summed E-state index contributed by atoms with van der Waals surface area (Å²) in [4.78, 5) is 32.0. The number of nitrogens with one attached hydrogen (secondary N) is 2. The minimum atomic E-state index is -0.322. The van der Waals surface area contributed by atoms with Crippen molar-refractivity contribution in [2.45, 2.75) is 13.8 Å². The number of amides is 1. The fourth-order valence-corrected chi connectivity index (χ4v) is 2.54. The second-order valence-corrected chi connectivity index (χ2v) is 6.33. The highest BCUT2D eigenvalue weighted by Crippen LogP contribution is 2.23. The molecule has 3 rings (SSSR count). The standard InChI is InChI=1S/C20H17ClN4O2/c1-12-17(21)4-3-5-18(12)25-19(27)15-10-22-20(23-11-15)24-16-8-6-14(7-9-16)13(2)26/h3-11H,1-2H3,(H,25,27)(H,22,23,24). The number of hydrogen-bond acceptors (Lipinski definition) is 5. The number of ketones is 1. The van der Waals surface area contributed by atoms with Crippen LogP contribution in [0.4, 0.5) is 17.3 Å². The Bertz CT molecular complexity index is 986. The molecular weight excluding hydrogens is 364 g/mol. The molecule has 0 saturated carbocycles. The number of halogens is 1. The first-order valence-electron chi connectivity index (χ1n) is 8.20. The lowest BCUT2D eigenvalue weighted by Gasteiger charge is -2.10. The average molecular weight is 381 g/mol. The largest absolute Gasteiger partial charge is 0.324 e. The normalized spacial score (nSPS) is 10.3. The minimum absolute atomic E-state index is 0.00288. The number of anilines is 3. The lowest BCUT2D eigenvalue weighted by atomic mass is 10.1. The van der Waals surface area contributed by atoms with Crippen LogP contribution in [0, 0.1) is 6.92 Å². The molecule has 0 fully saturated rings. The van der Waals surface area contributed by atoms with Gasteiger partial charge < -0.3 is 10.6 Å². The van der Waals surface area contributed by atoms with Gasteiger partial charge in [0, 0.05) is 34.4 Å². The van der Waals surface area contributed by atoms with Crippen molar-refractivity contribution in [1.82, 2.24) is 9.97 Å². The number of carbonyl (C=O) groups is 2. The highest BCUT2D eigenvalue weighted by molar-refractivity contribution is 6.31. The molecule has 1 heterocycles. The molecule has 0 saturated heterocycles. The van der Waals surface area contributed by atoms with Crippen molar-refractivity contribution in [3.05, 3.63) is 76.6 Å². The Morgan fingerprint density at radius 1 is 0.963 bits per heavy atom. The number of aromatic nitrogens is 2. The van der Waals surface area contributed by atoms with Gasteiger partial charge in [-0.3, -0.25) is 9.59 Å². The van der Waals surface area contributed by atoms with Gasteiger partial charge in [-0.1, -0.05) is 17.7 Å². The summed E-state index contributed by atoms with van der Waals surface area (Å²) >= 11 is 6.07. The van der Waals surface area contributed by atoms with Crippen molar-refractivity contribution in [1.29, 1.82) is 0 Å². The summed E-state index contributed by atoms with van der Waals surface area (Å²) in [7, 11) is 0. The van der Waals surface area contributed by atoms with Gasteiger partial charge in [0.05, 0.1) is 5.56 Å². The fourth-order valence-electron chi connectivity index (χ4n) is 2.36. The number of Topliss-reactive ketones (excluding diaryl/α,β-unsaturated/α-hetero) is 1. The summed E-state index contributed by atoms with van der Waals surface area (Å²) in [6.07, 6.45) is 2.88. The molecular formula is C20H17ClN4O2. The SMILES string of the molecule is CC(=O)c1ccc(Nc2ncc(C(=O)Nc3cccc(Cl)c3C)cn2)cc1. The first-order chi connectivity index (χ1) is 12.9. The third-order valence-corrected chi connectivity index (χ3v) is 4.39. The van der Waals surface area contributed by atoms with Crippen molar-refractivity contribution in [2.24, 2.45) is 0 Å². The monoisotopic (exact) mass is 380 g/mol. The van der Waals surface area contributed by atoms with Crippen LogP contribution in [0.15, 0.2) is 54.9 Å². The van der Waals surface area contributed by atoms with E-state index in [0.717, 1.165) is 11.3 Å². The average Bonchev–Trinajstić information content (AvgIpc) is 2.66. The Morgan fingerprint density at radius 3 is 2.26 bits per heavy atom. The van der Waals surface area contributed by atoms with E-state index < -0.39 is 0 Å². The maximum absolute atomic E-state index is 12.4. The van der Waals surface area contributed by atoms with E-state index in [9.17, 15) is 9.59 Å². The topological polar surface area (TPSA) is 84.0 Å². The number of benzene rings is 2. The van der Waals surface area contributed by atoms with Gasteiger partial charge >= 0.3 is 0 Å². The van der Waals surface area contributed by atoms with E-state index in [2.05, 4.69) is 20.6 Å². The Hall–Kier alpha value is -3.25. The van der Waals surface area contributed by atoms with E-state index >= 15 is 0 Å². The van der Waals surface area contributed by atoms with Crippen molar-refractivity contribution >= 4 is 40.6 Å². The third-order valence-electron chi connectivity index (χ3n) is 3.98. The quantitative estimate of drug-likeness (QED) is 0.630. The van der Waals surface area contributed by atoms with E-state index in [1.165, 1.54) is 19.3 Å². The molecule has 0 aliphatic carbocycles. The Balaban J connectivity index is 1.68. The number of hydrogen-bond donors (Lipinski definition) is 2. The van der Waals surface area contributed by atoms with Gasteiger partial charge in [0.25, 0.3) is 5.91 Å². The predicted octanol–water partition coefficient (Wildman–Crippen LogP) is 4.64. The summed E-state index contributed by atoms with van der Waals surface area (Å²) in [5.41, 5.74) is 3.13. The summed E-state index contributed by atoms with van der Waals surface area (Å²) in [6.45, 7) is 3.35. The molecule has 6 nitrogen and oxygen atoms in total. The van der Waals surface area contributed by atoms with Gasteiger partial charge in [0.15, 0.2) is 5.78 Å². The van der Waals surface area contributed by atoms with E-state index in [0.29, 0.717) is 27.8 Å². The number of carbonyl (C=O) groups excluding carboxylic acids is 2. The van der Waals surface area contributed by atoms with E-state index in [-0.39, 0.29) is 11.7 Å². The zero-order chi connectivity index (χ0) is 19.4. The molecule has 1 aromatic heterocycles.